The molecule has 0 unspecified atom stereocenters. The first-order valence-corrected chi connectivity index (χ1v) is 18.4. The van der Waals surface area contributed by atoms with Crippen molar-refractivity contribution in [3.63, 3.8) is 0 Å². The van der Waals surface area contributed by atoms with E-state index in [0.29, 0.717) is 53.5 Å². The van der Waals surface area contributed by atoms with Crippen molar-refractivity contribution in [1.82, 2.24) is 16.0 Å². The lowest BCUT2D eigenvalue weighted by Gasteiger charge is -2.37. The standard InChI is InChI=1S/C40H58N4O11/c1-38(2,3)54-32(47)19-16-28(44-35(48)27(41)13-11-12-20-42-37(50)55-39(4,5)6)36(49)43-22-24-30(52-10)18-15-26-34(24)53-33-23(21-31(45)46)29(51-9)17-14-25(33)40(26,7)8/h14-15,17-18,27-28H,11-13,16,19-22,41H2,1-10H3,(H,42,50)(H,43,49)(H,44,48)(H,45,46)/t27-,28-/m0/s1. The van der Waals surface area contributed by atoms with Crippen molar-refractivity contribution in [2.75, 3.05) is 20.8 Å². The van der Waals surface area contributed by atoms with Crippen molar-refractivity contribution < 1.29 is 52.8 Å². The molecule has 2 aromatic carbocycles. The maximum atomic E-state index is 13.9. The number of fused-ring (bicyclic) bond motifs is 2. The van der Waals surface area contributed by atoms with Gasteiger partial charge >= 0.3 is 18.0 Å². The average Bonchev–Trinajstić information content (AvgIpc) is 3.06. The summed E-state index contributed by atoms with van der Waals surface area (Å²) in [6.45, 7) is 14.7. The number of benzene rings is 2. The highest BCUT2D eigenvalue weighted by Crippen LogP contribution is 2.53. The minimum Gasteiger partial charge on any atom is -0.496 e. The summed E-state index contributed by atoms with van der Waals surface area (Å²) in [5, 5.41) is 18.0. The number of nitrogens with two attached hydrogens (primary N) is 1. The summed E-state index contributed by atoms with van der Waals surface area (Å²) in [7, 11) is 2.93. The molecule has 15 nitrogen and oxygen atoms in total. The molecule has 3 rings (SSSR count). The Morgan fingerprint density at radius 2 is 1.36 bits per heavy atom. The molecule has 0 fully saturated rings. The molecule has 304 valence electrons. The Hall–Kier alpha value is -5.05. The molecule has 0 saturated carbocycles. The van der Waals surface area contributed by atoms with Crippen LogP contribution in [0, 0.1) is 0 Å². The molecule has 0 aliphatic carbocycles. The molecule has 3 amide bonds. The normalized spacial score (nSPS) is 14.2. The average molecular weight is 771 g/mol. The third-order valence-corrected chi connectivity index (χ3v) is 8.83. The van der Waals surface area contributed by atoms with Crippen LogP contribution in [0.3, 0.4) is 0 Å². The number of rotatable bonds is 17. The number of methoxy groups -OCH3 is 2. The summed E-state index contributed by atoms with van der Waals surface area (Å²) in [5.41, 5.74) is 6.57. The lowest BCUT2D eigenvalue weighted by molar-refractivity contribution is -0.155. The molecule has 1 heterocycles. The Bertz CT molecular complexity index is 1730. The number of alkyl carbamates (subject to hydrolysis) is 1. The first-order chi connectivity index (χ1) is 25.6. The van der Waals surface area contributed by atoms with Gasteiger partial charge in [-0.1, -0.05) is 26.0 Å². The first kappa shape index (κ1) is 44.3. The van der Waals surface area contributed by atoms with E-state index in [4.69, 9.17) is 29.4 Å². The van der Waals surface area contributed by atoms with Gasteiger partial charge in [0.25, 0.3) is 0 Å². The number of unbranched alkanes of at least 4 members (excludes halogenated alkanes) is 1. The van der Waals surface area contributed by atoms with E-state index in [1.165, 1.54) is 14.2 Å². The minimum atomic E-state index is -1.16. The van der Waals surface area contributed by atoms with Crippen LogP contribution in [0.2, 0.25) is 0 Å². The first-order valence-electron chi connectivity index (χ1n) is 18.4. The summed E-state index contributed by atoms with van der Waals surface area (Å²) >= 11 is 0. The number of carbonyl (C=O) groups is 5. The molecule has 6 N–H and O–H groups in total. The van der Waals surface area contributed by atoms with Gasteiger partial charge in [-0.25, -0.2) is 4.79 Å². The van der Waals surface area contributed by atoms with Gasteiger partial charge < -0.3 is 50.5 Å². The van der Waals surface area contributed by atoms with Crippen molar-refractivity contribution in [2.45, 2.75) is 129 Å². The van der Waals surface area contributed by atoms with Crippen LogP contribution in [0.4, 0.5) is 4.79 Å². The predicted molar refractivity (Wildman–Crippen MR) is 204 cm³/mol. The van der Waals surface area contributed by atoms with E-state index in [1.807, 2.05) is 26.0 Å². The Morgan fingerprint density at radius 1 is 0.800 bits per heavy atom. The summed E-state index contributed by atoms with van der Waals surface area (Å²) in [5.74, 6) is -1.29. The van der Waals surface area contributed by atoms with E-state index in [0.717, 1.165) is 11.1 Å². The lowest BCUT2D eigenvalue weighted by Crippen LogP contribution is -2.51. The van der Waals surface area contributed by atoms with Gasteiger partial charge in [0.15, 0.2) is 0 Å². The number of hydrogen-bond acceptors (Lipinski definition) is 11. The second-order valence-corrected chi connectivity index (χ2v) is 16.0. The number of carbonyl (C=O) groups excluding carboxylic acids is 4. The summed E-state index contributed by atoms with van der Waals surface area (Å²) < 4.78 is 28.4. The van der Waals surface area contributed by atoms with Crippen LogP contribution in [-0.2, 0) is 47.0 Å². The molecule has 0 radical (unpaired) electrons. The van der Waals surface area contributed by atoms with E-state index in [1.54, 1.807) is 53.7 Å². The maximum Gasteiger partial charge on any atom is 0.407 e. The van der Waals surface area contributed by atoms with Crippen molar-refractivity contribution in [3.05, 3.63) is 46.5 Å². The number of esters is 1. The van der Waals surface area contributed by atoms with Crippen LogP contribution in [0.15, 0.2) is 24.3 Å². The molecule has 1 aliphatic heterocycles. The zero-order valence-corrected chi connectivity index (χ0v) is 33.7. The summed E-state index contributed by atoms with van der Waals surface area (Å²) in [6, 6.07) is 5.07. The molecule has 1 aliphatic rings. The van der Waals surface area contributed by atoms with Gasteiger partial charge in [0.05, 0.1) is 38.8 Å². The number of ether oxygens (including phenoxy) is 5. The van der Waals surface area contributed by atoms with Gasteiger partial charge in [0.2, 0.25) is 11.8 Å². The van der Waals surface area contributed by atoms with E-state index in [2.05, 4.69) is 16.0 Å². The molecule has 2 aromatic rings. The van der Waals surface area contributed by atoms with Gasteiger partial charge in [0.1, 0.15) is 40.2 Å². The number of nitrogens with one attached hydrogen (secondary N) is 3. The number of aliphatic carboxylic acids is 1. The molecule has 0 saturated heterocycles. The van der Waals surface area contributed by atoms with Crippen LogP contribution in [0.5, 0.6) is 23.0 Å². The fourth-order valence-electron chi connectivity index (χ4n) is 6.18. The van der Waals surface area contributed by atoms with Crippen molar-refractivity contribution >= 4 is 29.8 Å². The number of hydrogen-bond donors (Lipinski definition) is 5. The van der Waals surface area contributed by atoms with Crippen LogP contribution in [-0.4, -0.2) is 79.0 Å². The van der Waals surface area contributed by atoms with Crippen molar-refractivity contribution in [3.8, 4) is 23.0 Å². The maximum absolute atomic E-state index is 13.9. The minimum absolute atomic E-state index is 0.0711. The highest BCUT2D eigenvalue weighted by Gasteiger charge is 2.39. The van der Waals surface area contributed by atoms with Crippen molar-refractivity contribution in [1.29, 1.82) is 0 Å². The smallest absolute Gasteiger partial charge is 0.407 e. The third kappa shape index (κ3) is 12.5. The SMILES string of the molecule is COc1ccc2c(c1CNC(=O)[C@H](CCC(=O)OC(C)(C)C)NC(=O)[C@@H](N)CCCCNC(=O)OC(C)(C)C)Oc1c(ccc(OC)c1CC(=O)O)C2(C)C. The quantitative estimate of drug-likeness (QED) is 0.106. The largest absolute Gasteiger partial charge is 0.496 e. The van der Waals surface area contributed by atoms with E-state index in [9.17, 15) is 29.1 Å². The molecule has 2 atom stereocenters. The van der Waals surface area contributed by atoms with Crippen molar-refractivity contribution in [2.24, 2.45) is 5.73 Å². The molecule has 55 heavy (non-hydrogen) atoms. The lowest BCUT2D eigenvalue weighted by atomic mass is 9.74. The fraction of sp³-hybridized carbons (Fsp3) is 0.575. The van der Waals surface area contributed by atoms with Crippen LogP contribution < -0.4 is 35.9 Å². The van der Waals surface area contributed by atoms with Gasteiger partial charge in [-0.15, -0.1) is 0 Å². The second kappa shape index (κ2) is 18.5. The Kier molecular flexibility index (Phi) is 14.9. The Labute approximate surface area is 323 Å². The van der Waals surface area contributed by atoms with E-state index >= 15 is 0 Å². The molecule has 0 bridgehead atoms. The molecule has 0 aromatic heterocycles. The highest BCUT2D eigenvalue weighted by atomic mass is 16.6. The van der Waals surface area contributed by atoms with Crippen LogP contribution in [0.1, 0.15) is 110 Å². The molecule has 15 heteroatoms. The zero-order valence-electron chi connectivity index (χ0n) is 33.7. The van der Waals surface area contributed by atoms with Crippen LogP contribution in [0.25, 0.3) is 0 Å². The highest BCUT2D eigenvalue weighted by molar-refractivity contribution is 5.90. The number of carboxylic acid groups (broad SMARTS) is 1. The van der Waals surface area contributed by atoms with Crippen LogP contribution >= 0.6 is 0 Å². The van der Waals surface area contributed by atoms with Gasteiger partial charge in [-0.05, 0) is 79.4 Å². The monoisotopic (exact) mass is 770 g/mol. The van der Waals surface area contributed by atoms with E-state index in [-0.39, 0.29) is 32.2 Å². The second-order valence-electron chi connectivity index (χ2n) is 16.0. The Morgan fingerprint density at radius 3 is 1.91 bits per heavy atom. The number of carboxylic acids is 1. The molecular formula is C40H58N4O11. The summed E-state index contributed by atoms with van der Waals surface area (Å²) in [4.78, 5) is 63.6. The third-order valence-electron chi connectivity index (χ3n) is 8.83. The topological polar surface area (TPSA) is 214 Å². The molecular weight excluding hydrogens is 712 g/mol. The molecule has 0 spiro atoms. The fourth-order valence-corrected chi connectivity index (χ4v) is 6.18. The Balaban J connectivity index is 1.82. The predicted octanol–water partition coefficient (Wildman–Crippen LogP) is 5.01. The zero-order chi connectivity index (χ0) is 41.3. The summed E-state index contributed by atoms with van der Waals surface area (Å²) in [6.07, 6.45) is 0.213. The van der Waals surface area contributed by atoms with E-state index < -0.39 is 58.5 Å². The number of amides is 3. The van der Waals surface area contributed by atoms with Gasteiger partial charge in [-0.2, -0.15) is 0 Å². The van der Waals surface area contributed by atoms with Gasteiger partial charge in [0, 0.05) is 35.1 Å². The van der Waals surface area contributed by atoms with Gasteiger partial charge in [-0.3, -0.25) is 19.2 Å².